The van der Waals surface area contributed by atoms with E-state index in [1.165, 1.54) is 6.08 Å². The second-order valence-corrected chi connectivity index (χ2v) is 7.35. The molecule has 1 aliphatic rings. The first-order valence-corrected chi connectivity index (χ1v) is 9.85. The van der Waals surface area contributed by atoms with Crippen LogP contribution < -0.4 is 10.1 Å². The molecule has 6 heteroatoms. The second kappa shape index (κ2) is 8.44. The lowest BCUT2D eigenvalue weighted by Crippen LogP contribution is -2.13. The van der Waals surface area contributed by atoms with Gasteiger partial charge in [-0.3, -0.25) is 9.59 Å². The number of methoxy groups -OCH3 is 1. The molecule has 3 aromatic rings. The van der Waals surface area contributed by atoms with Crippen molar-refractivity contribution >= 4 is 40.2 Å². The van der Waals surface area contributed by atoms with Crippen LogP contribution >= 0.6 is 0 Å². The molecule has 1 N–H and O–H groups in total. The van der Waals surface area contributed by atoms with Crippen molar-refractivity contribution in [1.29, 1.82) is 0 Å². The van der Waals surface area contributed by atoms with Crippen LogP contribution in [0.4, 0.5) is 5.69 Å². The highest BCUT2D eigenvalue weighted by atomic mass is 16.5. The van der Waals surface area contributed by atoms with E-state index in [2.05, 4.69) is 5.32 Å². The standard InChI is InChI=1S/C25H21NO5/c1-15-21-13-19(7-9-22(21)26-25(15)29)23(27)14-31-24(28)10-4-16-3-5-18-12-20(30-2)8-6-17(18)11-16/h3-13,15H,14H2,1-2H3,(H,26,29)/b10-4+/t15-/m1/s1. The smallest absolute Gasteiger partial charge is 0.331 e. The number of carbonyl (C=O) groups is 3. The van der Waals surface area contributed by atoms with E-state index in [4.69, 9.17) is 9.47 Å². The maximum atomic E-state index is 12.4. The van der Waals surface area contributed by atoms with Crippen LogP contribution in [0.25, 0.3) is 16.8 Å². The summed E-state index contributed by atoms with van der Waals surface area (Å²) < 4.78 is 10.3. The fraction of sp³-hybridized carbons (Fsp3) is 0.160. The molecule has 4 rings (SSSR count). The van der Waals surface area contributed by atoms with Crippen molar-refractivity contribution in [1.82, 2.24) is 0 Å². The van der Waals surface area contributed by atoms with Crippen LogP contribution in [0.15, 0.2) is 60.7 Å². The largest absolute Gasteiger partial charge is 0.497 e. The summed E-state index contributed by atoms with van der Waals surface area (Å²) in [5.74, 6) is -0.546. The molecule has 6 nitrogen and oxygen atoms in total. The average Bonchev–Trinajstić information content (AvgIpc) is 3.08. The van der Waals surface area contributed by atoms with Gasteiger partial charge in [-0.05, 0) is 71.3 Å². The number of hydrogen-bond donors (Lipinski definition) is 1. The minimum absolute atomic E-state index is 0.0935. The van der Waals surface area contributed by atoms with Crippen molar-refractivity contribution in [2.45, 2.75) is 12.8 Å². The highest BCUT2D eigenvalue weighted by Crippen LogP contribution is 2.32. The minimum atomic E-state index is -0.602. The van der Waals surface area contributed by atoms with E-state index in [1.54, 1.807) is 38.3 Å². The van der Waals surface area contributed by atoms with E-state index in [-0.39, 0.29) is 24.2 Å². The minimum Gasteiger partial charge on any atom is -0.497 e. The molecule has 0 bridgehead atoms. The highest BCUT2D eigenvalue weighted by molar-refractivity contribution is 6.05. The maximum Gasteiger partial charge on any atom is 0.331 e. The summed E-state index contributed by atoms with van der Waals surface area (Å²) >= 11 is 0. The van der Waals surface area contributed by atoms with Gasteiger partial charge in [0, 0.05) is 17.3 Å². The van der Waals surface area contributed by atoms with Gasteiger partial charge in [0.15, 0.2) is 12.4 Å². The number of nitrogens with one attached hydrogen (secondary N) is 1. The van der Waals surface area contributed by atoms with Gasteiger partial charge in [-0.2, -0.15) is 0 Å². The van der Waals surface area contributed by atoms with Gasteiger partial charge in [0.25, 0.3) is 0 Å². The zero-order chi connectivity index (χ0) is 22.0. The zero-order valence-corrected chi connectivity index (χ0v) is 17.2. The van der Waals surface area contributed by atoms with E-state index in [1.807, 2.05) is 36.4 Å². The molecular weight excluding hydrogens is 394 g/mol. The molecular formula is C25H21NO5. The van der Waals surface area contributed by atoms with Gasteiger partial charge in [-0.15, -0.1) is 0 Å². The van der Waals surface area contributed by atoms with Gasteiger partial charge in [-0.25, -0.2) is 4.79 Å². The van der Waals surface area contributed by atoms with Crippen molar-refractivity contribution in [3.63, 3.8) is 0 Å². The normalized spacial score (nSPS) is 15.0. The Bertz CT molecular complexity index is 1230. The maximum absolute atomic E-state index is 12.4. The molecule has 0 aliphatic carbocycles. The molecule has 0 fully saturated rings. The SMILES string of the molecule is COc1ccc2cc(/C=C/C(=O)OCC(=O)c3ccc4c(c3)[C@@H](C)C(=O)N4)ccc2c1. The molecule has 0 radical (unpaired) electrons. The van der Waals surface area contributed by atoms with E-state index >= 15 is 0 Å². The third-order valence-corrected chi connectivity index (χ3v) is 5.32. The molecule has 3 aromatic carbocycles. The van der Waals surface area contributed by atoms with E-state index in [9.17, 15) is 14.4 Å². The molecule has 31 heavy (non-hydrogen) atoms. The molecule has 0 unspecified atom stereocenters. The molecule has 1 aliphatic heterocycles. The Kier molecular flexibility index (Phi) is 5.54. The lowest BCUT2D eigenvalue weighted by atomic mass is 9.99. The van der Waals surface area contributed by atoms with Crippen molar-refractivity contribution in [3.05, 3.63) is 77.4 Å². The van der Waals surface area contributed by atoms with E-state index < -0.39 is 5.97 Å². The molecule has 1 atom stereocenters. The number of amides is 1. The number of ketones is 1. The Labute approximate surface area is 179 Å². The Morgan fingerprint density at radius 1 is 1.03 bits per heavy atom. The number of ether oxygens (including phenoxy) is 2. The first-order chi connectivity index (χ1) is 14.9. The molecule has 1 amide bonds. The van der Waals surface area contributed by atoms with Crippen molar-refractivity contribution in [2.24, 2.45) is 0 Å². The summed E-state index contributed by atoms with van der Waals surface area (Å²) in [7, 11) is 1.62. The van der Waals surface area contributed by atoms with Crippen LogP contribution in [0.3, 0.4) is 0 Å². The molecule has 0 saturated carbocycles. The summed E-state index contributed by atoms with van der Waals surface area (Å²) in [5.41, 5.74) is 2.73. The Balaban J connectivity index is 1.37. The van der Waals surface area contributed by atoms with Gasteiger partial charge in [0.05, 0.1) is 13.0 Å². The van der Waals surface area contributed by atoms with Crippen molar-refractivity contribution < 1.29 is 23.9 Å². The first-order valence-electron chi connectivity index (χ1n) is 9.85. The Morgan fingerprint density at radius 3 is 2.61 bits per heavy atom. The van der Waals surface area contributed by atoms with Crippen LogP contribution in [-0.2, 0) is 14.3 Å². The monoisotopic (exact) mass is 415 g/mol. The van der Waals surface area contributed by atoms with Gasteiger partial charge in [0.1, 0.15) is 5.75 Å². The molecule has 0 spiro atoms. The van der Waals surface area contributed by atoms with Gasteiger partial charge >= 0.3 is 5.97 Å². The van der Waals surface area contributed by atoms with E-state index in [0.29, 0.717) is 11.3 Å². The van der Waals surface area contributed by atoms with Crippen LogP contribution in [0.1, 0.15) is 34.3 Å². The Morgan fingerprint density at radius 2 is 1.81 bits per heavy atom. The lowest BCUT2D eigenvalue weighted by Gasteiger charge is -2.06. The average molecular weight is 415 g/mol. The summed E-state index contributed by atoms with van der Waals surface area (Å²) in [4.78, 5) is 36.2. The van der Waals surface area contributed by atoms with Crippen LogP contribution in [0.5, 0.6) is 5.75 Å². The summed E-state index contributed by atoms with van der Waals surface area (Å²) in [6.07, 6.45) is 2.94. The van der Waals surface area contributed by atoms with Gasteiger partial charge < -0.3 is 14.8 Å². The van der Waals surface area contributed by atoms with Gasteiger partial charge in [0.2, 0.25) is 5.91 Å². The predicted octanol–water partition coefficient (Wildman–Crippen LogP) is 4.34. The zero-order valence-electron chi connectivity index (χ0n) is 17.2. The van der Waals surface area contributed by atoms with Crippen LogP contribution in [-0.4, -0.2) is 31.4 Å². The summed E-state index contributed by atoms with van der Waals surface area (Å²) in [6.45, 7) is 1.42. The number of anilines is 1. The number of fused-ring (bicyclic) bond motifs is 2. The number of Topliss-reactive ketones (excluding diaryl/α,β-unsaturated/α-hetero) is 1. The molecule has 0 aromatic heterocycles. The first kappa shape index (κ1) is 20.3. The second-order valence-electron chi connectivity index (χ2n) is 7.35. The Hall–Kier alpha value is -3.93. The number of benzene rings is 3. The van der Waals surface area contributed by atoms with Crippen molar-refractivity contribution in [3.8, 4) is 5.75 Å². The van der Waals surface area contributed by atoms with Crippen LogP contribution in [0, 0.1) is 0 Å². The van der Waals surface area contributed by atoms with Crippen LogP contribution in [0.2, 0.25) is 0 Å². The number of carbonyl (C=O) groups excluding carboxylic acids is 3. The third kappa shape index (κ3) is 4.33. The van der Waals surface area contributed by atoms with Gasteiger partial charge in [-0.1, -0.05) is 18.2 Å². The number of rotatable bonds is 6. The lowest BCUT2D eigenvalue weighted by molar-refractivity contribution is -0.136. The predicted molar refractivity (Wildman–Crippen MR) is 118 cm³/mol. The molecule has 156 valence electrons. The molecule has 0 saturated heterocycles. The fourth-order valence-corrected chi connectivity index (χ4v) is 3.50. The fourth-order valence-electron chi connectivity index (χ4n) is 3.50. The summed E-state index contributed by atoms with van der Waals surface area (Å²) in [6, 6.07) is 16.5. The topological polar surface area (TPSA) is 81.7 Å². The van der Waals surface area contributed by atoms with Crippen molar-refractivity contribution in [2.75, 3.05) is 19.0 Å². The third-order valence-electron chi connectivity index (χ3n) is 5.32. The number of hydrogen-bond acceptors (Lipinski definition) is 5. The van der Waals surface area contributed by atoms with E-state index in [0.717, 1.165) is 27.6 Å². The number of esters is 1. The highest BCUT2D eigenvalue weighted by Gasteiger charge is 2.27. The molecule has 1 heterocycles. The quantitative estimate of drug-likeness (QED) is 0.368. The summed E-state index contributed by atoms with van der Waals surface area (Å²) in [5, 5.41) is 4.81.